The minimum atomic E-state index is -2.17. The fourth-order valence-corrected chi connectivity index (χ4v) is 1.16. The van der Waals surface area contributed by atoms with Crippen molar-refractivity contribution in [3.63, 3.8) is 0 Å². The zero-order valence-electron chi connectivity index (χ0n) is 14.6. The van der Waals surface area contributed by atoms with Crippen molar-refractivity contribution >= 4 is 17.4 Å². The molecule has 0 saturated heterocycles. The van der Waals surface area contributed by atoms with Crippen molar-refractivity contribution < 1.29 is 27.2 Å². The second kappa shape index (κ2) is 15.6. The molecule has 0 spiro atoms. The average molecular weight is 331 g/mol. The highest BCUT2D eigenvalue weighted by atomic mass is 28.4. The van der Waals surface area contributed by atoms with E-state index in [0.29, 0.717) is 6.61 Å². The third kappa shape index (κ3) is 18.2. The number of unbranched alkanes of at least 4 members (excludes halogenated alkanes) is 1. The molecule has 0 bridgehead atoms. The van der Waals surface area contributed by atoms with Crippen LogP contribution in [0.15, 0.2) is 0 Å². The zero-order valence-corrected chi connectivity index (χ0v) is 16.6. The van der Waals surface area contributed by atoms with Gasteiger partial charge in [0.2, 0.25) is 0 Å². The van der Waals surface area contributed by atoms with Crippen LogP contribution >= 0.6 is 0 Å². The van der Waals surface area contributed by atoms with Gasteiger partial charge in [-0.2, -0.15) is 0 Å². The van der Waals surface area contributed by atoms with Gasteiger partial charge in [0.1, 0.15) is 0 Å². The number of hydrogen-bond acceptors (Lipinski definition) is 6. The lowest BCUT2D eigenvalue weighted by Gasteiger charge is -2.18. The average Bonchev–Trinajstić information content (AvgIpc) is 2.48. The number of hydrogen-bond donors (Lipinski definition) is 1. The van der Waals surface area contributed by atoms with Crippen LogP contribution in [0, 0.1) is 0 Å². The highest BCUT2D eigenvalue weighted by molar-refractivity contribution is 6.64. The second-order valence-electron chi connectivity index (χ2n) is 4.36. The van der Waals surface area contributed by atoms with Crippen molar-refractivity contribution in [3.8, 4) is 0 Å². The molecule has 6 nitrogen and oxygen atoms in total. The van der Waals surface area contributed by atoms with E-state index in [1.54, 1.807) is 35.5 Å². The van der Waals surface area contributed by atoms with Crippen molar-refractivity contribution in [3.05, 3.63) is 0 Å². The van der Waals surface area contributed by atoms with E-state index in [2.05, 4.69) is 6.92 Å². The summed E-state index contributed by atoms with van der Waals surface area (Å²) in [6, 6.07) is 0. The molecule has 0 aromatic carbocycles. The summed E-state index contributed by atoms with van der Waals surface area (Å²) in [5, 5.41) is 8.07. The van der Waals surface area contributed by atoms with Crippen LogP contribution in [0.2, 0.25) is 19.6 Å². The normalized spacial score (nSPS) is 11.1. The van der Waals surface area contributed by atoms with E-state index in [4.69, 9.17) is 27.2 Å². The van der Waals surface area contributed by atoms with Crippen LogP contribution in [0.5, 0.6) is 0 Å². The first-order valence-corrected chi connectivity index (χ1v) is 11.6. The standard InChI is InChI=1S/C4H12O3Si.C4H12O2Si.C4H10O/c1-5-8(4,6-2)7-3;1-5-7(3,4)6-2;1-2-3-4-5/h1-4H3;1-4H3;5H,2-4H2,1H3. The topological polar surface area (TPSA) is 66.4 Å². The summed E-state index contributed by atoms with van der Waals surface area (Å²) in [7, 11) is 4.28. The highest BCUT2D eigenvalue weighted by Gasteiger charge is 2.29. The minimum absolute atomic E-state index is 0.344. The van der Waals surface area contributed by atoms with E-state index in [1.165, 1.54) is 0 Å². The lowest BCUT2D eigenvalue weighted by molar-refractivity contribution is 0.132. The molecule has 126 valence electrons. The molecule has 20 heavy (non-hydrogen) atoms. The quantitative estimate of drug-likeness (QED) is 0.722. The Labute approximate surface area is 127 Å². The highest BCUT2D eigenvalue weighted by Crippen LogP contribution is 2.02. The van der Waals surface area contributed by atoms with E-state index in [-0.39, 0.29) is 0 Å². The molecule has 0 heterocycles. The molecule has 0 fully saturated rings. The van der Waals surface area contributed by atoms with Crippen LogP contribution in [0.3, 0.4) is 0 Å². The molecule has 8 heteroatoms. The summed E-state index contributed by atoms with van der Waals surface area (Å²) in [4.78, 5) is 0. The molecule has 0 radical (unpaired) electrons. The first kappa shape index (κ1) is 25.2. The first-order chi connectivity index (χ1) is 9.22. The van der Waals surface area contributed by atoms with Crippen molar-refractivity contribution in [1.29, 1.82) is 0 Å². The maximum atomic E-state index is 8.07. The number of aliphatic hydroxyl groups excluding tert-OH is 1. The Morgan fingerprint density at radius 1 is 0.750 bits per heavy atom. The zero-order chi connectivity index (χ0) is 16.7. The Morgan fingerprint density at radius 3 is 1.10 bits per heavy atom. The molecule has 0 amide bonds. The molecule has 1 N–H and O–H groups in total. The van der Waals surface area contributed by atoms with Gasteiger partial charge in [-0.1, -0.05) is 13.3 Å². The van der Waals surface area contributed by atoms with Gasteiger partial charge in [-0.25, -0.2) is 0 Å². The lowest BCUT2D eigenvalue weighted by Crippen LogP contribution is -2.38. The molecular formula is C12H34O6Si2. The molecule has 0 aromatic rings. The summed E-state index contributed by atoms with van der Waals surface area (Å²) in [6.07, 6.45) is 2.04. The molecule has 0 unspecified atom stereocenters. The number of rotatable bonds is 7. The van der Waals surface area contributed by atoms with Gasteiger partial charge in [0.05, 0.1) is 0 Å². The van der Waals surface area contributed by atoms with Gasteiger partial charge in [0.25, 0.3) is 0 Å². The fraction of sp³-hybridized carbons (Fsp3) is 1.00. The molecule has 0 aliphatic carbocycles. The smallest absolute Gasteiger partial charge is 0.398 e. The predicted molar refractivity (Wildman–Crippen MR) is 86.1 cm³/mol. The number of aliphatic hydroxyl groups is 1. The minimum Gasteiger partial charge on any atom is -0.398 e. The summed E-state index contributed by atoms with van der Waals surface area (Å²) in [5.41, 5.74) is 0. The molecule has 0 aliphatic rings. The molecule has 0 aromatic heterocycles. The monoisotopic (exact) mass is 330 g/mol. The Morgan fingerprint density at radius 2 is 1.10 bits per heavy atom. The Hall–Kier alpha value is 0.194. The summed E-state index contributed by atoms with van der Waals surface area (Å²) in [5.74, 6) is 0. The maximum Gasteiger partial charge on any atom is 0.496 e. The van der Waals surface area contributed by atoms with Crippen LogP contribution in [-0.4, -0.2) is 64.6 Å². The molecular weight excluding hydrogens is 296 g/mol. The van der Waals surface area contributed by atoms with Gasteiger partial charge in [0.15, 0.2) is 0 Å². The molecule has 0 saturated carbocycles. The Bertz CT molecular complexity index is 173. The van der Waals surface area contributed by atoms with Gasteiger partial charge >= 0.3 is 17.4 Å². The van der Waals surface area contributed by atoms with E-state index < -0.39 is 17.4 Å². The van der Waals surface area contributed by atoms with E-state index in [9.17, 15) is 0 Å². The van der Waals surface area contributed by atoms with Gasteiger partial charge in [0, 0.05) is 48.7 Å². The third-order valence-corrected chi connectivity index (χ3v) is 6.80. The van der Waals surface area contributed by atoms with Gasteiger partial charge in [-0.05, 0) is 19.5 Å². The van der Waals surface area contributed by atoms with Crippen molar-refractivity contribution in [2.45, 2.75) is 39.4 Å². The molecule has 0 rings (SSSR count). The maximum absolute atomic E-state index is 8.07. The Balaban J connectivity index is -0.000000223. The van der Waals surface area contributed by atoms with Crippen molar-refractivity contribution in [2.75, 3.05) is 42.2 Å². The van der Waals surface area contributed by atoms with Crippen LogP contribution in [0.1, 0.15) is 19.8 Å². The van der Waals surface area contributed by atoms with Crippen molar-refractivity contribution in [2.24, 2.45) is 0 Å². The molecule has 0 atom stereocenters. The van der Waals surface area contributed by atoms with Gasteiger partial charge in [-0.15, -0.1) is 0 Å². The van der Waals surface area contributed by atoms with Crippen LogP contribution < -0.4 is 0 Å². The predicted octanol–water partition coefficient (Wildman–Crippen LogP) is 2.25. The lowest BCUT2D eigenvalue weighted by atomic mass is 10.4. The van der Waals surface area contributed by atoms with Crippen molar-refractivity contribution in [1.82, 2.24) is 0 Å². The summed E-state index contributed by atoms with van der Waals surface area (Å²) in [6.45, 7) is 8.21. The van der Waals surface area contributed by atoms with E-state index in [1.807, 2.05) is 19.6 Å². The van der Waals surface area contributed by atoms with E-state index >= 15 is 0 Å². The Kier molecular flexibility index (Phi) is 19.6. The second-order valence-corrected chi connectivity index (χ2v) is 10.9. The first-order valence-electron chi connectivity index (χ1n) is 6.59. The van der Waals surface area contributed by atoms with Crippen LogP contribution in [0.4, 0.5) is 0 Å². The van der Waals surface area contributed by atoms with Gasteiger partial charge in [-0.3, -0.25) is 0 Å². The third-order valence-electron chi connectivity index (χ3n) is 2.61. The van der Waals surface area contributed by atoms with Gasteiger partial charge < -0.3 is 27.2 Å². The molecule has 0 aliphatic heterocycles. The largest absolute Gasteiger partial charge is 0.496 e. The fourth-order valence-electron chi connectivity index (χ4n) is 0.491. The SMILES string of the molecule is CCCCO.CO[Si](C)(C)OC.CO[Si](C)(OC)OC. The van der Waals surface area contributed by atoms with E-state index in [0.717, 1.165) is 12.8 Å². The summed E-state index contributed by atoms with van der Waals surface area (Å²) >= 11 is 0. The van der Waals surface area contributed by atoms with Crippen LogP contribution in [-0.2, 0) is 22.1 Å². The summed E-state index contributed by atoms with van der Waals surface area (Å²) < 4.78 is 24.8. The van der Waals surface area contributed by atoms with Crippen LogP contribution in [0.25, 0.3) is 0 Å².